The Hall–Kier alpha value is -3.47. The van der Waals surface area contributed by atoms with E-state index in [0.717, 1.165) is 22.8 Å². The van der Waals surface area contributed by atoms with E-state index in [4.69, 9.17) is 9.84 Å². The average molecular weight is 457 g/mol. The van der Waals surface area contributed by atoms with E-state index in [9.17, 15) is 9.90 Å². The number of carbonyl (C=O) groups is 1. The van der Waals surface area contributed by atoms with Crippen molar-refractivity contribution in [2.75, 3.05) is 6.61 Å². The molecule has 0 unspecified atom stereocenters. The van der Waals surface area contributed by atoms with Gasteiger partial charge >= 0.3 is 5.97 Å². The summed E-state index contributed by atoms with van der Waals surface area (Å²) in [6.07, 6.45) is 5.32. The van der Waals surface area contributed by atoms with Crippen molar-refractivity contribution in [3.8, 4) is 0 Å². The number of carboxylic acid groups (broad SMARTS) is 1. The monoisotopic (exact) mass is 456 g/mol. The van der Waals surface area contributed by atoms with E-state index < -0.39 is 17.7 Å². The average Bonchev–Trinajstić information content (AvgIpc) is 2.88. The van der Waals surface area contributed by atoms with Crippen LogP contribution in [0.4, 0.5) is 0 Å². The number of hydrogen-bond donors (Lipinski definition) is 2. The number of aliphatic carboxylic acids is 1. The minimum atomic E-state index is -1.00. The fourth-order valence-electron chi connectivity index (χ4n) is 4.13. The van der Waals surface area contributed by atoms with Crippen LogP contribution in [-0.4, -0.2) is 28.9 Å². The van der Waals surface area contributed by atoms with Gasteiger partial charge in [0.1, 0.15) is 5.60 Å². The summed E-state index contributed by atoms with van der Waals surface area (Å²) in [5, 5.41) is 19.6. The summed E-state index contributed by atoms with van der Waals surface area (Å²) in [6.45, 7) is 4.20. The molecule has 0 aliphatic rings. The Balaban J connectivity index is 1.92. The molecule has 0 spiro atoms. The van der Waals surface area contributed by atoms with Gasteiger partial charge in [0.15, 0.2) is 0 Å². The summed E-state index contributed by atoms with van der Waals surface area (Å²) in [4.78, 5) is 10.6. The third-order valence-electron chi connectivity index (χ3n) is 5.99. The lowest BCUT2D eigenvalue weighted by atomic mass is 9.80. The number of carboxylic acids is 1. The third kappa shape index (κ3) is 6.10. The van der Waals surface area contributed by atoms with Crippen molar-refractivity contribution < 1.29 is 19.7 Å². The molecule has 4 nitrogen and oxygen atoms in total. The molecule has 0 amide bonds. The fraction of sp³-hybridized carbons (Fsp3) is 0.233. The number of benzene rings is 3. The van der Waals surface area contributed by atoms with E-state index in [1.54, 1.807) is 12.2 Å². The van der Waals surface area contributed by atoms with E-state index in [0.29, 0.717) is 6.61 Å². The second kappa shape index (κ2) is 12.1. The molecular formula is C30H32O4. The summed E-state index contributed by atoms with van der Waals surface area (Å²) in [5.41, 5.74) is 2.21. The molecule has 4 heteroatoms. The van der Waals surface area contributed by atoms with Crippen molar-refractivity contribution in [3.63, 3.8) is 0 Å². The van der Waals surface area contributed by atoms with E-state index in [1.807, 2.05) is 68.4 Å². The van der Waals surface area contributed by atoms with Crippen LogP contribution in [0.5, 0.6) is 0 Å². The predicted octanol–water partition coefficient (Wildman–Crippen LogP) is 5.83. The molecule has 0 heterocycles. The Bertz CT molecular complexity index is 978. The van der Waals surface area contributed by atoms with Crippen LogP contribution in [0.2, 0.25) is 0 Å². The first-order valence-corrected chi connectivity index (χ1v) is 11.5. The van der Waals surface area contributed by atoms with E-state index in [2.05, 4.69) is 36.4 Å². The Morgan fingerprint density at radius 2 is 1.26 bits per heavy atom. The highest BCUT2D eigenvalue weighted by Gasteiger charge is 2.38. The van der Waals surface area contributed by atoms with Crippen molar-refractivity contribution in [1.82, 2.24) is 0 Å². The van der Waals surface area contributed by atoms with Gasteiger partial charge in [0.2, 0.25) is 0 Å². The molecule has 0 aromatic heterocycles. The van der Waals surface area contributed by atoms with Gasteiger partial charge in [-0.05, 0) is 16.7 Å². The number of aliphatic hydroxyl groups excluding tert-OH is 1. The molecule has 0 radical (unpaired) electrons. The van der Waals surface area contributed by atoms with Crippen LogP contribution < -0.4 is 0 Å². The van der Waals surface area contributed by atoms with Gasteiger partial charge in [-0.3, -0.25) is 0 Å². The third-order valence-corrected chi connectivity index (χ3v) is 5.99. The highest BCUT2D eigenvalue weighted by Crippen LogP contribution is 2.41. The maximum absolute atomic E-state index is 10.9. The largest absolute Gasteiger partial charge is 0.478 e. The Kier molecular flexibility index (Phi) is 8.97. The molecule has 0 aliphatic carbocycles. The van der Waals surface area contributed by atoms with Crippen molar-refractivity contribution in [3.05, 3.63) is 132 Å². The predicted molar refractivity (Wildman–Crippen MR) is 135 cm³/mol. The number of aliphatic hydroxyl groups is 1. The zero-order valence-corrected chi connectivity index (χ0v) is 19.6. The van der Waals surface area contributed by atoms with Crippen LogP contribution in [0, 0.1) is 11.8 Å². The maximum Gasteiger partial charge on any atom is 0.328 e. The van der Waals surface area contributed by atoms with Crippen molar-refractivity contribution in [1.29, 1.82) is 0 Å². The van der Waals surface area contributed by atoms with Gasteiger partial charge in [-0.15, -0.1) is 0 Å². The molecule has 3 atom stereocenters. The summed E-state index contributed by atoms with van der Waals surface area (Å²) in [6, 6.07) is 30.4. The lowest BCUT2D eigenvalue weighted by Gasteiger charge is -2.37. The Morgan fingerprint density at radius 1 is 0.824 bits per heavy atom. The zero-order valence-electron chi connectivity index (χ0n) is 19.6. The molecule has 0 saturated carbocycles. The molecular weight excluding hydrogens is 424 g/mol. The molecule has 3 aromatic rings. The second-order valence-corrected chi connectivity index (χ2v) is 8.50. The van der Waals surface area contributed by atoms with Gasteiger partial charge in [-0.1, -0.05) is 123 Å². The van der Waals surface area contributed by atoms with Crippen LogP contribution in [0.3, 0.4) is 0 Å². The highest BCUT2D eigenvalue weighted by atomic mass is 16.5. The van der Waals surface area contributed by atoms with Crippen LogP contribution in [0.15, 0.2) is 115 Å². The molecule has 0 aliphatic heterocycles. The molecule has 0 saturated heterocycles. The Labute approximate surface area is 201 Å². The second-order valence-electron chi connectivity index (χ2n) is 8.50. The Morgan fingerprint density at radius 3 is 1.68 bits per heavy atom. The van der Waals surface area contributed by atoms with Crippen molar-refractivity contribution in [2.24, 2.45) is 11.8 Å². The molecule has 0 fully saturated rings. The number of allylic oxidation sites excluding steroid dienone is 2. The first-order valence-electron chi connectivity index (χ1n) is 11.5. The van der Waals surface area contributed by atoms with Crippen molar-refractivity contribution >= 4 is 5.97 Å². The molecule has 34 heavy (non-hydrogen) atoms. The van der Waals surface area contributed by atoms with Gasteiger partial charge in [0.05, 0.1) is 12.7 Å². The van der Waals surface area contributed by atoms with E-state index >= 15 is 0 Å². The maximum atomic E-state index is 10.9. The lowest BCUT2D eigenvalue weighted by molar-refractivity contribution is -0.131. The molecule has 3 aromatic carbocycles. The molecule has 2 N–H and O–H groups in total. The van der Waals surface area contributed by atoms with Crippen LogP contribution in [0.25, 0.3) is 0 Å². The zero-order chi connectivity index (χ0) is 24.4. The number of rotatable bonds is 11. The van der Waals surface area contributed by atoms with Gasteiger partial charge in [-0.25, -0.2) is 4.79 Å². The summed E-state index contributed by atoms with van der Waals surface area (Å²) in [7, 11) is 0. The van der Waals surface area contributed by atoms with E-state index in [1.165, 1.54) is 6.08 Å². The number of ether oxygens (including phenoxy) is 1. The van der Waals surface area contributed by atoms with Crippen molar-refractivity contribution in [2.45, 2.75) is 25.6 Å². The van der Waals surface area contributed by atoms with Crippen LogP contribution in [0.1, 0.15) is 30.5 Å². The normalized spacial score (nSPS) is 14.8. The first-order chi connectivity index (χ1) is 16.4. The number of hydrogen-bond acceptors (Lipinski definition) is 3. The standard InChI is InChI=1S/C30H32O4/c1-23(14-12-13-21-28(31)32)29(33)24(2)22-34-30(25-15-6-3-7-16-25,26-17-8-4-9-18-26)27-19-10-5-11-20-27/h3-21,23-24,29,33H,22H2,1-2H3,(H,31,32)/b14-12+,21-13+/t23-,24-,29-/m0/s1. The molecule has 3 rings (SSSR count). The molecule has 0 bridgehead atoms. The van der Waals surface area contributed by atoms with Gasteiger partial charge in [0, 0.05) is 17.9 Å². The minimum Gasteiger partial charge on any atom is -0.478 e. The van der Waals surface area contributed by atoms with Crippen LogP contribution in [-0.2, 0) is 15.1 Å². The SMILES string of the molecule is C[C@@H](/C=C/C=C/C(=O)O)[C@H](O)[C@@H](C)COC(c1ccccc1)(c1ccccc1)c1ccccc1. The highest BCUT2D eigenvalue weighted by molar-refractivity contribution is 5.80. The summed E-state index contributed by atoms with van der Waals surface area (Å²) < 4.78 is 6.80. The summed E-state index contributed by atoms with van der Waals surface area (Å²) in [5.74, 6) is -1.34. The lowest BCUT2D eigenvalue weighted by Crippen LogP contribution is -2.37. The van der Waals surface area contributed by atoms with E-state index in [-0.39, 0.29) is 11.8 Å². The molecule has 176 valence electrons. The van der Waals surface area contributed by atoms with Crippen LogP contribution >= 0.6 is 0 Å². The van der Waals surface area contributed by atoms with Gasteiger partial charge in [-0.2, -0.15) is 0 Å². The van der Waals surface area contributed by atoms with Gasteiger partial charge in [0.25, 0.3) is 0 Å². The minimum absolute atomic E-state index is 0.168. The van der Waals surface area contributed by atoms with Gasteiger partial charge < -0.3 is 14.9 Å². The topological polar surface area (TPSA) is 66.8 Å². The quantitative estimate of drug-likeness (QED) is 0.217. The fourth-order valence-corrected chi connectivity index (χ4v) is 4.13. The smallest absolute Gasteiger partial charge is 0.328 e. The summed E-state index contributed by atoms with van der Waals surface area (Å²) >= 11 is 0. The first kappa shape index (κ1) is 25.2.